The van der Waals surface area contributed by atoms with Gasteiger partial charge in [0.15, 0.2) is 0 Å². The molecular weight excluding hydrogens is 272 g/mol. The molecule has 1 aliphatic rings. The van der Waals surface area contributed by atoms with E-state index in [-0.39, 0.29) is 0 Å². The molecule has 0 saturated carbocycles. The van der Waals surface area contributed by atoms with E-state index in [9.17, 15) is 0 Å². The van der Waals surface area contributed by atoms with Crippen molar-refractivity contribution in [1.29, 1.82) is 0 Å². The first-order valence-electron chi connectivity index (χ1n) is 5.15. The maximum absolute atomic E-state index is 4.48. The highest BCUT2D eigenvalue weighted by Gasteiger charge is 2.22. The summed E-state index contributed by atoms with van der Waals surface area (Å²) in [6.45, 7) is 5.47. The van der Waals surface area contributed by atoms with E-state index in [1.807, 2.05) is 24.0 Å². The number of anilines is 1. The highest BCUT2D eigenvalue weighted by atomic mass is 79.9. The summed E-state index contributed by atoms with van der Waals surface area (Å²) in [7, 11) is 0. The number of hydrogen-bond acceptors (Lipinski definition) is 3. The van der Waals surface area contributed by atoms with Crippen molar-refractivity contribution in [3.05, 3.63) is 22.3 Å². The van der Waals surface area contributed by atoms with Crippen LogP contribution in [0.5, 0.6) is 0 Å². The maximum atomic E-state index is 4.48. The van der Waals surface area contributed by atoms with E-state index in [1.165, 1.54) is 17.1 Å². The van der Waals surface area contributed by atoms with Gasteiger partial charge in [0.25, 0.3) is 0 Å². The number of aromatic nitrogens is 1. The molecule has 4 heteroatoms. The lowest BCUT2D eigenvalue weighted by atomic mass is 10.2. The predicted molar refractivity (Wildman–Crippen MR) is 70.8 cm³/mol. The van der Waals surface area contributed by atoms with E-state index in [4.69, 9.17) is 0 Å². The highest BCUT2D eigenvalue weighted by Crippen LogP contribution is 2.30. The van der Waals surface area contributed by atoms with Gasteiger partial charge < -0.3 is 4.90 Å². The van der Waals surface area contributed by atoms with Gasteiger partial charge in [-0.15, -0.1) is 0 Å². The van der Waals surface area contributed by atoms with Crippen LogP contribution in [0.2, 0.25) is 0 Å². The number of thioether (sulfide) groups is 1. The third-order valence-corrected chi connectivity index (χ3v) is 4.87. The lowest BCUT2D eigenvalue weighted by molar-refractivity contribution is 0.687. The molecule has 1 fully saturated rings. The summed E-state index contributed by atoms with van der Waals surface area (Å²) in [6.07, 6.45) is 1.89. The molecule has 1 saturated heterocycles. The molecule has 2 nitrogen and oxygen atoms in total. The van der Waals surface area contributed by atoms with Crippen molar-refractivity contribution < 1.29 is 0 Å². The van der Waals surface area contributed by atoms with Crippen LogP contribution in [0.1, 0.15) is 12.5 Å². The Morgan fingerprint density at radius 1 is 1.60 bits per heavy atom. The summed E-state index contributed by atoms with van der Waals surface area (Å²) < 4.78 is 1.14. The van der Waals surface area contributed by atoms with Crippen LogP contribution in [-0.2, 0) is 0 Å². The minimum atomic E-state index is 0.578. The Balaban J connectivity index is 2.31. The van der Waals surface area contributed by atoms with E-state index in [0.717, 1.165) is 16.8 Å². The summed E-state index contributed by atoms with van der Waals surface area (Å²) in [5.74, 6) is 3.50. The average Bonchev–Trinajstić information content (AvgIpc) is 2.23. The van der Waals surface area contributed by atoms with Crippen molar-refractivity contribution in [2.24, 2.45) is 0 Å². The van der Waals surface area contributed by atoms with Crippen LogP contribution in [0, 0.1) is 6.92 Å². The van der Waals surface area contributed by atoms with E-state index < -0.39 is 0 Å². The van der Waals surface area contributed by atoms with E-state index >= 15 is 0 Å². The van der Waals surface area contributed by atoms with Crippen LogP contribution in [0.4, 0.5) is 5.82 Å². The van der Waals surface area contributed by atoms with Gasteiger partial charge >= 0.3 is 0 Å². The van der Waals surface area contributed by atoms with Gasteiger partial charge in [0.05, 0.1) is 4.47 Å². The minimum Gasteiger partial charge on any atom is -0.351 e. The van der Waals surface area contributed by atoms with Gasteiger partial charge in [-0.3, -0.25) is 0 Å². The second kappa shape index (κ2) is 4.74. The first-order valence-corrected chi connectivity index (χ1v) is 7.10. The van der Waals surface area contributed by atoms with Gasteiger partial charge in [-0.2, -0.15) is 11.8 Å². The van der Waals surface area contributed by atoms with Crippen molar-refractivity contribution in [1.82, 2.24) is 4.98 Å². The second-order valence-corrected chi connectivity index (χ2v) is 5.83. The number of halogens is 1. The number of hydrogen-bond donors (Lipinski definition) is 0. The standard InChI is InChI=1S/C11H15BrN2S/c1-8-3-4-13-11(10(8)12)14-5-6-15-7-9(14)2/h3-4,9H,5-7H2,1-2H3. The zero-order valence-corrected chi connectivity index (χ0v) is 11.4. The third kappa shape index (κ3) is 2.31. The number of rotatable bonds is 1. The molecule has 0 aromatic carbocycles. The summed E-state index contributed by atoms with van der Waals surface area (Å²) >= 11 is 5.66. The number of pyridine rings is 1. The molecule has 1 aromatic rings. The van der Waals surface area contributed by atoms with Crippen LogP contribution in [0.15, 0.2) is 16.7 Å². The molecule has 1 aromatic heterocycles. The van der Waals surface area contributed by atoms with E-state index in [0.29, 0.717) is 6.04 Å². The van der Waals surface area contributed by atoms with Crippen LogP contribution < -0.4 is 4.90 Å². The molecule has 0 N–H and O–H groups in total. The normalized spacial score (nSPS) is 21.8. The van der Waals surface area contributed by atoms with Gasteiger partial charge in [-0.25, -0.2) is 4.98 Å². The van der Waals surface area contributed by atoms with Crippen molar-refractivity contribution in [2.75, 3.05) is 23.0 Å². The van der Waals surface area contributed by atoms with E-state index in [2.05, 4.69) is 39.7 Å². The lowest BCUT2D eigenvalue weighted by Gasteiger charge is -2.34. The van der Waals surface area contributed by atoms with Crippen LogP contribution in [0.3, 0.4) is 0 Å². The molecule has 0 radical (unpaired) electrons. The molecule has 2 heterocycles. The van der Waals surface area contributed by atoms with Gasteiger partial charge in [0.1, 0.15) is 5.82 Å². The smallest absolute Gasteiger partial charge is 0.143 e. The topological polar surface area (TPSA) is 16.1 Å². The Morgan fingerprint density at radius 2 is 2.40 bits per heavy atom. The SMILES string of the molecule is Cc1ccnc(N2CCSCC2C)c1Br. The highest BCUT2D eigenvalue weighted by molar-refractivity contribution is 9.10. The Kier molecular flexibility index (Phi) is 3.57. The van der Waals surface area contributed by atoms with Crippen LogP contribution in [-0.4, -0.2) is 29.1 Å². The maximum Gasteiger partial charge on any atom is 0.143 e. The Morgan fingerprint density at radius 3 is 3.13 bits per heavy atom. The summed E-state index contributed by atoms with van der Waals surface area (Å²) in [6, 6.07) is 2.62. The molecule has 0 bridgehead atoms. The van der Waals surface area contributed by atoms with Crippen molar-refractivity contribution in [3.63, 3.8) is 0 Å². The van der Waals surface area contributed by atoms with Crippen LogP contribution in [0.25, 0.3) is 0 Å². The van der Waals surface area contributed by atoms with Crippen LogP contribution >= 0.6 is 27.7 Å². The van der Waals surface area contributed by atoms with Gasteiger partial charge in [0.2, 0.25) is 0 Å². The molecule has 82 valence electrons. The zero-order valence-electron chi connectivity index (χ0n) is 9.03. The molecule has 0 spiro atoms. The Bertz CT molecular complexity index is 356. The van der Waals surface area contributed by atoms with E-state index in [1.54, 1.807) is 0 Å². The predicted octanol–water partition coefficient (Wildman–Crippen LogP) is 3.09. The largest absolute Gasteiger partial charge is 0.351 e. The van der Waals surface area contributed by atoms with Gasteiger partial charge in [0, 0.05) is 30.3 Å². The molecule has 1 atom stereocenters. The fourth-order valence-electron chi connectivity index (χ4n) is 1.77. The molecular formula is C11H15BrN2S. The van der Waals surface area contributed by atoms with Gasteiger partial charge in [-0.05, 0) is 41.4 Å². The van der Waals surface area contributed by atoms with Gasteiger partial charge in [-0.1, -0.05) is 0 Å². The Labute approximate surface area is 104 Å². The molecule has 1 aliphatic heterocycles. The Hall–Kier alpha value is -0.220. The van der Waals surface area contributed by atoms with Crippen molar-refractivity contribution in [3.8, 4) is 0 Å². The first kappa shape index (κ1) is 11.3. The monoisotopic (exact) mass is 286 g/mol. The quantitative estimate of drug-likeness (QED) is 0.789. The van der Waals surface area contributed by atoms with Crippen molar-refractivity contribution >= 4 is 33.5 Å². The number of aryl methyl sites for hydroxylation is 1. The molecule has 0 aliphatic carbocycles. The third-order valence-electron chi connectivity index (χ3n) is 2.70. The molecule has 2 rings (SSSR count). The molecule has 15 heavy (non-hydrogen) atoms. The summed E-state index contributed by atoms with van der Waals surface area (Å²) in [5.41, 5.74) is 1.26. The molecule has 0 amide bonds. The fraction of sp³-hybridized carbons (Fsp3) is 0.545. The second-order valence-electron chi connectivity index (χ2n) is 3.88. The minimum absolute atomic E-state index is 0.578. The summed E-state index contributed by atoms with van der Waals surface area (Å²) in [5, 5.41) is 0. The fourth-order valence-corrected chi connectivity index (χ4v) is 3.24. The van der Waals surface area contributed by atoms with Crippen molar-refractivity contribution in [2.45, 2.75) is 19.9 Å². The average molecular weight is 287 g/mol. The molecule has 1 unspecified atom stereocenters. The lowest BCUT2D eigenvalue weighted by Crippen LogP contribution is -2.41. The number of nitrogens with zero attached hydrogens (tertiary/aromatic N) is 2. The summed E-state index contributed by atoms with van der Waals surface area (Å²) in [4.78, 5) is 6.88. The zero-order chi connectivity index (χ0) is 10.8. The first-order chi connectivity index (χ1) is 7.20.